The maximum atomic E-state index is 11.4. The van der Waals surface area contributed by atoms with E-state index in [0.29, 0.717) is 11.6 Å². The summed E-state index contributed by atoms with van der Waals surface area (Å²) in [7, 11) is 0. The number of pyridine rings is 1. The number of hydrogen-bond donors (Lipinski definition) is 0. The normalized spacial score (nSPS) is 10.2. The van der Waals surface area contributed by atoms with E-state index in [-0.39, 0.29) is 5.01 Å². The molecule has 0 saturated heterocycles. The van der Waals surface area contributed by atoms with Gasteiger partial charge in [-0.25, -0.2) is 4.79 Å². The molecule has 0 N–H and O–H groups in total. The zero-order valence-corrected chi connectivity index (χ0v) is 10.3. The van der Waals surface area contributed by atoms with Crippen LogP contribution in [0.15, 0.2) is 18.5 Å². The highest BCUT2D eigenvalue weighted by Gasteiger charge is 2.15. The number of nitrogens with zero attached hydrogens (tertiary/aromatic N) is 3. The van der Waals surface area contributed by atoms with Gasteiger partial charge in [0.15, 0.2) is 0 Å². The van der Waals surface area contributed by atoms with E-state index in [9.17, 15) is 4.79 Å². The largest absolute Gasteiger partial charge is 0.461 e. The Morgan fingerprint density at radius 3 is 3.00 bits per heavy atom. The molecular weight excluding hydrogens is 238 g/mol. The highest BCUT2D eigenvalue weighted by molar-refractivity contribution is 7.16. The number of carbonyl (C=O) groups excluding carboxylic acids is 1. The van der Waals surface area contributed by atoms with Gasteiger partial charge in [0.05, 0.1) is 6.61 Å². The van der Waals surface area contributed by atoms with E-state index in [1.54, 1.807) is 19.3 Å². The molecule has 0 radical (unpaired) electrons. The molecule has 0 aliphatic carbocycles. The van der Waals surface area contributed by atoms with E-state index in [2.05, 4.69) is 15.2 Å². The molecule has 0 aliphatic rings. The quantitative estimate of drug-likeness (QED) is 0.779. The lowest BCUT2D eigenvalue weighted by atomic mass is 10.2. The van der Waals surface area contributed by atoms with Crippen molar-refractivity contribution in [2.75, 3.05) is 6.61 Å². The van der Waals surface area contributed by atoms with Crippen LogP contribution < -0.4 is 0 Å². The van der Waals surface area contributed by atoms with Crippen molar-refractivity contribution in [1.29, 1.82) is 0 Å². The summed E-state index contributed by atoms with van der Waals surface area (Å²) in [5.74, 6) is -0.433. The van der Waals surface area contributed by atoms with Crippen LogP contribution in [0.2, 0.25) is 0 Å². The fourth-order valence-corrected chi connectivity index (χ4v) is 2.11. The number of hydrogen-bond acceptors (Lipinski definition) is 6. The Hall–Kier alpha value is -1.82. The molecule has 0 aromatic carbocycles. The molecular formula is C11H11N3O2S. The Morgan fingerprint density at radius 2 is 2.29 bits per heavy atom. The van der Waals surface area contributed by atoms with Crippen LogP contribution in [0.1, 0.15) is 22.3 Å². The number of ether oxygens (including phenoxy) is 1. The zero-order valence-electron chi connectivity index (χ0n) is 9.51. The van der Waals surface area contributed by atoms with Gasteiger partial charge in [-0.05, 0) is 25.5 Å². The molecule has 0 fully saturated rings. The summed E-state index contributed by atoms with van der Waals surface area (Å²) in [6.07, 6.45) is 3.43. The van der Waals surface area contributed by atoms with Gasteiger partial charge in [0.1, 0.15) is 5.01 Å². The summed E-state index contributed by atoms with van der Waals surface area (Å²) in [6, 6.07) is 1.89. The molecule has 88 valence electrons. The minimum absolute atomic E-state index is 0.269. The first-order valence-corrected chi connectivity index (χ1v) is 5.95. The molecule has 0 bridgehead atoms. The van der Waals surface area contributed by atoms with Crippen molar-refractivity contribution in [2.24, 2.45) is 0 Å². The lowest BCUT2D eigenvalue weighted by Gasteiger charge is -1.98. The summed E-state index contributed by atoms with van der Waals surface area (Å²) in [5.41, 5.74) is 1.94. The van der Waals surface area contributed by atoms with Crippen LogP contribution in [0.5, 0.6) is 0 Å². The molecule has 6 heteroatoms. The van der Waals surface area contributed by atoms with Gasteiger partial charge in [-0.3, -0.25) is 4.98 Å². The maximum Gasteiger partial charge on any atom is 0.369 e. The van der Waals surface area contributed by atoms with Gasteiger partial charge in [0, 0.05) is 18.0 Å². The predicted octanol–water partition coefficient (Wildman–Crippen LogP) is 2.09. The molecule has 2 rings (SSSR count). The summed E-state index contributed by atoms with van der Waals surface area (Å²) in [4.78, 5) is 15.5. The van der Waals surface area contributed by atoms with Crippen LogP contribution in [-0.2, 0) is 4.74 Å². The second-order valence-electron chi connectivity index (χ2n) is 3.32. The fraction of sp³-hybridized carbons (Fsp3) is 0.273. The summed E-state index contributed by atoms with van der Waals surface area (Å²) >= 11 is 1.21. The standard InChI is InChI=1S/C11H11N3O2S/c1-3-16-11(15)10-14-13-9(17-10)8-6-12-5-4-7(8)2/h4-6H,3H2,1-2H3. The Labute approximate surface area is 102 Å². The zero-order chi connectivity index (χ0) is 12.3. The van der Waals surface area contributed by atoms with Crippen molar-refractivity contribution in [3.8, 4) is 10.6 Å². The minimum atomic E-state index is -0.433. The molecule has 17 heavy (non-hydrogen) atoms. The summed E-state index contributed by atoms with van der Waals surface area (Å²) in [5, 5.41) is 8.74. The van der Waals surface area contributed by atoms with Crippen molar-refractivity contribution in [3.63, 3.8) is 0 Å². The molecule has 2 aromatic heterocycles. The lowest BCUT2D eigenvalue weighted by molar-refractivity contribution is 0.0525. The van der Waals surface area contributed by atoms with Crippen LogP contribution >= 0.6 is 11.3 Å². The third kappa shape index (κ3) is 2.47. The van der Waals surface area contributed by atoms with Crippen molar-refractivity contribution in [1.82, 2.24) is 15.2 Å². The van der Waals surface area contributed by atoms with Gasteiger partial charge < -0.3 is 4.74 Å². The molecule has 0 spiro atoms. The fourth-order valence-electron chi connectivity index (χ4n) is 1.30. The third-order valence-corrected chi connectivity index (χ3v) is 3.08. The number of rotatable bonds is 3. The molecule has 0 atom stereocenters. The number of aromatic nitrogens is 3. The van der Waals surface area contributed by atoms with Gasteiger partial charge in [0.25, 0.3) is 0 Å². The predicted molar refractivity (Wildman–Crippen MR) is 63.8 cm³/mol. The third-order valence-electron chi connectivity index (χ3n) is 2.14. The van der Waals surface area contributed by atoms with Gasteiger partial charge in [-0.2, -0.15) is 0 Å². The molecule has 0 amide bonds. The van der Waals surface area contributed by atoms with E-state index >= 15 is 0 Å². The highest BCUT2D eigenvalue weighted by Crippen LogP contribution is 2.25. The van der Waals surface area contributed by atoms with Gasteiger partial charge >= 0.3 is 5.97 Å². The lowest BCUT2D eigenvalue weighted by Crippen LogP contribution is -2.03. The van der Waals surface area contributed by atoms with Crippen LogP contribution in [0, 0.1) is 6.92 Å². The van der Waals surface area contributed by atoms with E-state index in [1.807, 2.05) is 13.0 Å². The van der Waals surface area contributed by atoms with E-state index in [4.69, 9.17) is 4.74 Å². The van der Waals surface area contributed by atoms with Crippen LogP contribution in [0.25, 0.3) is 10.6 Å². The van der Waals surface area contributed by atoms with E-state index in [0.717, 1.165) is 11.1 Å². The topological polar surface area (TPSA) is 65.0 Å². The Kier molecular flexibility index (Phi) is 3.43. The molecule has 0 aliphatic heterocycles. The average molecular weight is 249 g/mol. The first kappa shape index (κ1) is 11.7. The molecule has 2 heterocycles. The first-order chi connectivity index (χ1) is 8.22. The number of carbonyl (C=O) groups is 1. The summed E-state index contributed by atoms with van der Waals surface area (Å²) in [6.45, 7) is 4.05. The van der Waals surface area contributed by atoms with Crippen molar-refractivity contribution < 1.29 is 9.53 Å². The Morgan fingerprint density at radius 1 is 1.47 bits per heavy atom. The van der Waals surface area contributed by atoms with E-state index in [1.165, 1.54) is 11.3 Å². The van der Waals surface area contributed by atoms with Crippen LogP contribution in [0.4, 0.5) is 0 Å². The van der Waals surface area contributed by atoms with Gasteiger partial charge in [-0.15, -0.1) is 10.2 Å². The molecule has 2 aromatic rings. The van der Waals surface area contributed by atoms with E-state index < -0.39 is 5.97 Å². The monoisotopic (exact) mass is 249 g/mol. The maximum absolute atomic E-state index is 11.4. The highest BCUT2D eigenvalue weighted by atomic mass is 32.1. The van der Waals surface area contributed by atoms with Crippen molar-refractivity contribution in [3.05, 3.63) is 29.0 Å². The molecule has 0 saturated carbocycles. The van der Waals surface area contributed by atoms with Crippen molar-refractivity contribution >= 4 is 17.3 Å². The minimum Gasteiger partial charge on any atom is -0.461 e. The Balaban J connectivity index is 2.30. The SMILES string of the molecule is CCOC(=O)c1nnc(-c2cnccc2C)s1. The smallest absolute Gasteiger partial charge is 0.369 e. The number of esters is 1. The number of aryl methyl sites for hydroxylation is 1. The van der Waals surface area contributed by atoms with Crippen molar-refractivity contribution in [2.45, 2.75) is 13.8 Å². The summed E-state index contributed by atoms with van der Waals surface area (Å²) < 4.78 is 4.86. The molecule has 0 unspecified atom stereocenters. The average Bonchev–Trinajstić information content (AvgIpc) is 2.79. The van der Waals surface area contributed by atoms with Crippen LogP contribution in [-0.4, -0.2) is 27.8 Å². The Bertz CT molecular complexity index is 539. The van der Waals surface area contributed by atoms with Crippen LogP contribution in [0.3, 0.4) is 0 Å². The van der Waals surface area contributed by atoms with Gasteiger partial charge in [-0.1, -0.05) is 11.3 Å². The second-order valence-corrected chi connectivity index (χ2v) is 4.30. The first-order valence-electron chi connectivity index (χ1n) is 5.14. The molecule has 5 nitrogen and oxygen atoms in total. The van der Waals surface area contributed by atoms with Gasteiger partial charge in [0.2, 0.25) is 5.01 Å². The second kappa shape index (κ2) is 5.01.